The summed E-state index contributed by atoms with van der Waals surface area (Å²) in [6.07, 6.45) is 0.950. The zero-order valence-corrected chi connectivity index (χ0v) is 6.16. The maximum atomic E-state index is 12.0. The van der Waals surface area contributed by atoms with E-state index in [0.717, 1.165) is 0 Å². The van der Waals surface area contributed by atoms with Crippen molar-refractivity contribution in [3.8, 4) is 0 Å². The highest BCUT2D eigenvalue weighted by Crippen LogP contribution is 2.27. The van der Waals surface area contributed by atoms with Gasteiger partial charge in [0.05, 0.1) is 0 Å². The van der Waals surface area contributed by atoms with Gasteiger partial charge in [-0.05, 0) is 17.3 Å². The summed E-state index contributed by atoms with van der Waals surface area (Å²) in [5.41, 5.74) is 0. The van der Waals surface area contributed by atoms with Crippen molar-refractivity contribution in [2.75, 3.05) is 0 Å². The Hall–Kier alpha value is -0.850. The van der Waals surface area contributed by atoms with Crippen LogP contribution in [0.25, 0.3) is 0 Å². The van der Waals surface area contributed by atoms with Gasteiger partial charge in [-0.25, -0.2) is 0 Å². The first-order valence-corrected chi connectivity index (χ1v) is 3.56. The van der Waals surface area contributed by atoms with Crippen molar-refractivity contribution in [2.45, 2.75) is 31.3 Å². The molecule has 0 bridgehead atoms. The second-order valence-electron chi connectivity index (χ2n) is 2.70. The lowest BCUT2D eigenvalue weighted by Crippen LogP contribution is -2.35. The maximum Gasteiger partial charge on any atom is 0.213 e. The first-order chi connectivity index (χ1) is 5.66. The van der Waals surface area contributed by atoms with E-state index >= 15 is 0 Å². The predicted molar refractivity (Wildman–Crippen MR) is 32.6 cm³/mol. The molecule has 1 rings (SSSR count). The molecule has 0 radical (unpaired) electrons. The van der Waals surface area contributed by atoms with Gasteiger partial charge in [0.15, 0.2) is 5.34 Å². The number of rotatable bonds is 2. The Morgan fingerprint density at radius 3 is 2.58 bits per heavy atom. The van der Waals surface area contributed by atoms with Crippen molar-refractivity contribution >= 4 is 0 Å². The minimum absolute atomic E-state index is 0.200. The molecule has 12 heavy (non-hydrogen) atoms. The molecule has 0 aromatic rings. The average Bonchev–Trinajstić information content (AvgIpc) is 2.50. The molecule has 2 atom stereocenters. The van der Waals surface area contributed by atoms with Crippen LogP contribution in [0.15, 0.2) is 5.34 Å². The molecule has 0 aromatic carbocycles. The summed E-state index contributed by atoms with van der Waals surface area (Å²) in [6, 6.07) is -2.24. The summed E-state index contributed by atoms with van der Waals surface area (Å²) < 4.78 is 35.4. The van der Waals surface area contributed by atoms with Crippen LogP contribution >= 0.6 is 0 Å². The van der Waals surface area contributed by atoms with E-state index in [4.69, 9.17) is 0 Å². The number of nitrogens with zero attached hydrogens (tertiary/aromatic N) is 3. The van der Waals surface area contributed by atoms with Crippen LogP contribution in [0.4, 0.5) is 13.4 Å². The van der Waals surface area contributed by atoms with Crippen molar-refractivity contribution in [2.24, 2.45) is 5.34 Å². The van der Waals surface area contributed by atoms with Crippen LogP contribution in [0.1, 0.15) is 19.3 Å². The van der Waals surface area contributed by atoms with E-state index < -0.39 is 17.4 Å². The summed E-state index contributed by atoms with van der Waals surface area (Å²) in [5, 5.41) is 11.3. The van der Waals surface area contributed by atoms with E-state index in [9.17, 15) is 18.7 Å². The molecular weight excluding hydrogens is 175 g/mol. The van der Waals surface area contributed by atoms with Gasteiger partial charge >= 0.3 is 0 Å². The van der Waals surface area contributed by atoms with Crippen molar-refractivity contribution in [3.05, 3.63) is 5.21 Å². The fourth-order valence-corrected chi connectivity index (χ4v) is 1.46. The van der Waals surface area contributed by atoms with Crippen LogP contribution in [0.5, 0.6) is 0 Å². The highest BCUT2D eigenvalue weighted by atomic mass is 19.4. The van der Waals surface area contributed by atoms with Gasteiger partial charge in [-0.1, -0.05) is 4.86 Å². The van der Waals surface area contributed by atoms with E-state index in [1.165, 1.54) is 0 Å². The van der Waals surface area contributed by atoms with Gasteiger partial charge in [-0.15, -0.1) is 8.96 Å². The quantitative estimate of drug-likeness (QED) is 0.283. The molecule has 1 aliphatic carbocycles. The lowest BCUT2D eigenvalue weighted by molar-refractivity contribution is -0.592. The van der Waals surface area contributed by atoms with Gasteiger partial charge < -0.3 is 5.21 Å². The SMILES string of the molecule is [O-][N+](=NF)C1CCCC1N(F)F. The average molecular weight is 183 g/mol. The zero-order chi connectivity index (χ0) is 9.14. The Kier molecular flexibility index (Phi) is 2.85. The largest absolute Gasteiger partial charge is 0.598 e. The molecule has 7 heteroatoms. The molecule has 4 nitrogen and oxygen atoms in total. The number of halogens is 3. The normalized spacial score (nSPS) is 31.5. The first kappa shape index (κ1) is 9.24. The third kappa shape index (κ3) is 1.66. The molecule has 0 saturated heterocycles. The topological polar surface area (TPSA) is 41.7 Å². The van der Waals surface area contributed by atoms with E-state index in [2.05, 4.69) is 0 Å². The molecule has 0 spiro atoms. The van der Waals surface area contributed by atoms with Crippen LogP contribution in [0.2, 0.25) is 0 Å². The van der Waals surface area contributed by atoms with Crippen LogP contribution < -0.4 is 0 Å². The summed E-state index contributed by atoms with van der Waals surface area (Å²) in [5.74, 6) is 0. The predicted octanol–water partition coefficient (Wildman–Crippen LogP) is 1.83. The summed E-state index contributed by atoms with van der Waals surface area (Å²) in [6.45, 7) is 0. The number of hydroxylamine groups is 1. The fourth-order valence-electron chi connectivity index (χ4n) is 1.46. The van der Waals surface area contributed by atoms with Gasteiger partial charge in [0.2, 0.25) is 6.04 Å². The van der Waals surface area contributed by atoms with Crippen molar-refractivity contribution in [1.29, 1.82) is 0 Å². The van der Waals surface area contributed by atoms with Crippen molar-refractivity contribution in [3.63, 3.8) is 0 Å². The lowest BCUT2D eigenvalue weighted by atomic mass is 10.2. The summed E-state index contributed by atoms with van der Waals surface area (Å²) in [7, 11) is 0. The second-order valence-corrected chi connectivity index (χ2v) is 2.70. The fraction of sp³-hybridized carbons (Fsp3) is 1.00. The highest BCUT2D eigenvalue weighted by molar-refractivity contribution is 4.79. The lowest BCUT2D eigenvalue weighted by Gasteiger charge is -2.14. The summed E-state index contributed by atoms with van der Waals surface area (Å²) in [4.78, 5) is -0.288. The van der Waals surface area contributed by atoms with Gasteiger partial charge in [-0.3, -0.25) is 0 Å². The third-order valence-corrected chi connectivity index (χ3v) is 2.05. The van der Waals surface area contributed by atoms with E-state index in [1.807, 2.05) is 5.34 Å². The smallest absolute Gasteiger partial charge is 0.213 e. The molecule has 70 valence electrons. The Bertz CT molecular complexity index is 187. The summed E-state index contributed by atoms with van der Waals surface area (Å²) >= 11 is 0. The number of hydrogen-bond donors (Lipinski definition) is 0. The van der Waals surface area contributed by atoms with E-state index in [1.54, 1.807) is 0 Å². The molecule has 1 saturated carbocycles. The monoisotopic (exact) mass is 183 g/mol. The highest BCUT2D eigenvalue weighted by Gasteiger charge is 2.40. The van der Waals surface area contributed by atoms with Gasteiger partial charge in [0, 0.05) is 11.8 Å². The second kappa shape index (κ2) is 3.70. The zero-order valence-electron chi connectivity index (χ0n) is 6.16. The van der Waals surface area contributed by atoms with Crippen molar-refractivity contribution in [1.82, 2.24) is 5.34 Å². The Morgan fingerprint density at radius 1 is 1.42 bits per heavy atom. The van der Waals surface area contributed by atoms with Crippen LogP contribution in [0.3, 0.4) is 0 Å². The first-order valence-electron chi connectivity index (χ1n) is 3.56. The number of hydrogen-bond acceptors (Lipinski definition) is 3. The minimum atomic E-state index is -1.19. The Labute approximate surface area is 66.7 Å². The molecule has 1 fully saturated rings. The van der Waals surface area contributed by atoms with Crippen LogP contribution in [0, 0.1) is 5.21 Å². The van der Waals surface area contributed by atoms with Gasteiger partial charge in [-0.2, -0.15) is 0 Å². The Morgan fingerprint density at radius 2 is 2.08 bits per heavy atom. The van der Waals surface area contributed by atoms with Gasteiger partial charge in [0.25, 0.3) is 0 Å². The standard InChI is InChI=1S/C5H8F3N3O/c6-9-11(12)5-3-1-2-4(5)10(7)8/h4-5H,1-3H2. The van der Waals surface area contributed by atoms with E-state index in [-0.39, 0.29) is 17.7 Å². The van der Waals surface area contributed by atoms with Crippen molar-refractivity contribution < 1.29 is 18.3 Å². The molecule has 1 aliphatic rings. The minimum Gasteiger partial charge on any atom is -0.598 e. The Balaban J connectivity index is 2.64. The van der Waals surface area contributed by atoms with Crippen LogP contribution in [-0.2, 0) is 0 Å². The molecule has 0 aliphatic heterocycles. The van der Waals surface area contributed by atoms with Gasteiger partial charge in [0.1, 0.15) is 6.04 Å². The molecular formula is C5H8F3N3O. The third-order valence-electron chi connectivity index (χ3n) is 2.05. The molecule has 0 amide bonds. The van der Waals surface area contributed by atoms with E-state index in [0.29, 0.717) is 6.42 Å². The molecule has 0 N–H and O–H groups in total. The molecule has 2 unspecified atom stereocenters. The molecule has 0 aromatic heterocycles. The maximum absolute atomic E-state index is 12.0. The molecule has 0 heterocycles. The van der Waals surface area contributed by atoms with Crippen LogP contribution in [-0.4, -0.2) is 22.3 Å².